The summed E-state index contributed by atoms with van der Waals surface area (Å²) in [5.41, 5.74) is 2.10. The van der Waals surface area contributed by atoms with Crippen LogP contribution in [-0.2, 0) is 16.0 Å². The number of halogens is 1. The van der Waals surface area contributed by atoms with E-state index in [0.717, 1.165) is 22.6 Å². The molecule has 4 nitrogen and oxygen atoms in total. The summed E-state index contributed by atoms with van der Waals surface area (Å²) in [4.78, 5) is 12.8. The van der Waals surface area contributed by atoms with Crippen molar-refractivity contribution in [2.75, 3.05) is 6.54 Å². The Morgan fingerprint density at radius 3 is 2.61 bits per heavy atom. The van der Waals surface area contributed by atoms with Gasteiger partial charge >= 0.3 is 0 Å². The highest BCUT2D eigenvalue weighted by atomic mass is 35.5. The van der Waals surface area contributed by atoms with Gasteiger partial charge in [0.25, 0.3) is 0 Å². The molecule has 0 aliphatic carbocycles. The Balaban J connectivity index is 1.78. The number of nitrogens with one attached hydrogen (secondary N) is 1. The number of carbonyl (C=O) groups is 1. The summed E-state index contributed by atoms with van der Waals surface area (Å²) in [5.74, 6) is 0.654. The van der Waals surface area contributed by atoms with E-state index in [0.29, 0.717) is 18.8 Å². The summed E-state index contributed by atoms with van der Waals surface area (Å²) in [7, 11) is 0. The monoisotopic (exact) mass is 328 g/mol. The maximum Gasteiger partial charge on any atom is 0.212 e. The van der Waals surface area contributed by atoms with Crippen LogP contribution in [0.3, 0.4) is 0 Å². The molecule has 5 heteroatoms. The smallest absolute Gasteiger partial charge is 0.212 e. The average molecular weight is 329 g/mol. The number of nitrogens with zero attached hydrogens (tertiary/aromatic N) is 1. The molecule has 0 aromatic heterocycles. The van der Waals surface area contributed by atoms with E-state index in [1.807, 2.05) is 59.5 Å². The van der Waals surface area contributed by atoms with E-state index < -0.39 is 0 Å². The van der Waals surface area contributed by atoms with Gasteiger partial charge in [0.05, 0.1) is 0 Å². The van der Waals surface area contributed by atoms with Crippen molar-refractivity contribution >= 4 is 18.0 Å². The van der Waals surface area contributed by atoms with Gasteiger partial charge in [-0.1, -0.05) is 60.1 Å². The van der Waals surface area contributed by atoms with E-state index in [2.05, 4.69) is 5.32 Å². The predicted octanol–water partition coefficient (Wildman–Crippen LogP) is 3.46. The quantitative estimate of drug-likeness (QED) is 0.826. The summed E-state index contributed by atoms with van der Waals surface area (Å²) in [6.45, 7) is 0.677. The fourth-order valence-electron chi connectivity index (χ4n) is 2.63. The van der Waals surface area contributed by atoms with Crippen LogP contribution in [0.1, 0.15) is 17.4 Å². The van der Waals surface area contributed by atoms with Crippen molar-refractivity contribution in [1.82, 2.24) is 10.2 Å². The second-order valence-electron chi connectivity index (χ2n) is 5.20. The van der Waals surface area contributed by atoms with Crippen LogP contribution in [0.4, 0.5) is 0 Å². The zero-order valence-corrected chi connectivity index (χ0v) is 13.2. The Hall–Kier alpha value is -2.46. The van der Waals surface area contributed by atoms with Crippen molar-refractivity contribution in [3.8, 4) is 0 Å². The number of amides is 1. The Morgan fingerprint density at radius 2 is 1.87 bits per heavy atom. The van der Waals surface area contributed by atoms with E-state index in [1.165, 1.54) is 0 Å². The molecule has 0 radical (unpaired) electrons. The first-order valence-corrected chi connectivity index (χ1v) is 7.78. The first kappa shape index (κ1) is 15.4. The van der Waals surface area contributed by atoms with Gasteiger partial charge in [0.2, 0.25) is 6.41 Å². The lowest BCUT2D eigenvalue weighted by atomic mass is 10.1. The van der Waals surface area contributed by atoms with Crippen LogP contribution in [0.15, 0.2) is 66.7 Å². The summed E-state index contributed by atoms with van der Waals surface area (Å²) in [6.07, 6.45) is 2.75. The molecular weight excluding hydrogens is 312 g/mol. The van der Waals surface area contributed by atoms with Crippen molar-refractivity contribution in [2.24, 2.45) is 0 Å². The lowest BCUT2D eigenvalue weighted by Gasteiger charge is -2.27. The second kappa shape index (κ2) is 7.20. The van der Waals surface area contributed by atoms with Gasteiger partial charge in [0.15, 0.2) is 6.23 Å². The van der Waals surface area contributed by atoms with Gasteiger partial charge < -0.3 is 15.0 Å². The molecule has 2 aromatic carbocycles. The fraction of sp³-hybridized carbons (Fsp3) is 0.167. The third kappa shape index (κ3) is 3.48. The zero-order chi connectivity index (χ0) is 16.1. The molecule has 3 rings (SSSR count). The minimum Gasteiger partial charge on any atom is -0.470 e. The number of hydrogen-bond acceptors (Lipinski definition) is 3. The highest BCUT2D eigenvalue weighted by molar-refractivity contribution is 6.31. The Morgan fingerprint density at radius 1 is 1.13 bits per heavy atom. The van der Waals surface area contributed by atoms with Crippen molar-refractivity contribution in [2.45, 2.75) is 12.6 Å². The molecule has 1 aliphatic rings. The highest BCUT2D eigenvalue weighted by Crippen LogP contribution is 2.31. The Kier molecular flexibility index (Phi) is 4.83. The fourth-order valence-corrected chi connectivity index (χ4v) is 2.86. The molecule has 0 fully saturated rings. The van der Waals surface area contributed by atoms with Crippen LogP contribution in [0.25, 0.3) is 0 Å². The molecular formula is C18H17ClN2O2. The van der Waals surface area contributed by atoms with Gasteiger partial charge in [-0.25, -0.2) is 0 Å². The first-order chi connectivity index (χ1) is 11.3. The molecule has 1 aliphatic heterocycles. The molecule has 1 atom stereocenters. The van der Waals surface area contributed by atoms with Gasteiger partial charge in [-0.3, -0.25) is 4.79 Å². The normalized spacial score (nSPS) is 16.7. The molecule has 1 heterocycles. The van der Waals surface area contributed by atoms with E-state index in [9.17, 15) is 4.79 Å². The van der Waals surface area contributed by atoms with Crippen LogP contribution in [-0.4, -0.2) is 17.9 Å². The summed E-state index contributed by atoms with van der Waals surface area (Å²) in [5, 5.41) is 3.44. The molecule has 0 saturated heterocycles. The standard InChI is InChI=1S/C18H17ClN2O2/c19-16-9-5-4-6-14(16)10-11-21-17(20-13-22)12-23-18(21)15-7-2-1-3-8-15/h1-9,12-13,18H,10-11H2,(H,20,22). The van der Waals surface area contributed by atoms with Crippen molar-refractivity contribution in [3.63, 3.8) is 0 Å². The SMILES string of the molecule is O=CNC1=COC(c2ccccc2)N1CCc1ccccc1Cl. The van der Waals surface area contributed by atoms with Crippen LogP contribution < -0.4 is 5.32 Å². The molecule has 23 heavy (non-hydrogen) atoms. The lowest BCUT2D eigenvalue weighted by Crippen LogP contribution is -2.32. The van der Waals surface area contributed by atoms with E-state index >= 15 is 0 Å². The average Bonchev–Trinajstić information content (AvgIpc) is 2.98. The maximum absolute atomic E-state index is 10.8. The number of ether oxygens (including phenoxy) is 1. The highest BCUT2D eigenvalue weighted by Gasteiger charge is 2.28. The molecule has 0 bridgehead atoms. The molecule has 0 saturated carbocycles. The summed E-state index contributed by atoms with van der Waals surface area (Å²) in [6, 6.07) is 17.7. The van der Waals surface area contributed by atoms with Gasteiger partial charge in [-0.15, -0.1) is 0 Å². The minimum absolute atomic E-state index is 0.249. The van der Waals surface area contributed by atoms with Crippen molar-refractivity contribution < 1.29 is 9.53 Å². The molecule has 2 aromatic rings. The van der Waals surface area contributed by atoms with Gasteiger partial charge in [-0.05, 0) is 18.1 Å². The van der Waals surface area contributed by atoms with E-state index in [-0.39, 0.29) is 6.23 Å². The van der Waals surface area contributed by atoms with Gasteiger partial charge in [0.1, 0.15) is 12.1 Å². The molecule has 1 amide bonds. The second-order valence-corrected chi connectivity index (χ2v) is 5.61. The van der Waals surface area contributed by atoms with Crippen molar-refractivity contribution in [1.29, 1.82) is 0 Å². The van der Waals surface area contributed by atoms with Gasteiger partial charge in [-0.2, -0.15) is 0 Å². The number of benzene rings is 2. The molecule has 1 N–H and O–H groups in total. The first-order valence-electron chi connectivity index (χ1n) is 7.40. The molecule has 0 spiro atoms. The Labute approximate surface area is 140 Å². The zero-order valence-electron chi connectivity index (χ0n) is 12.5. The van der Waals surface area contributed by atoms with Gasteiger partial charge in [0, 0.05) is 17.1 Å². The predicted molar refractivity (Wildman–Crippen MR) is 89.4 cm³/mol. The number of rotatable bonds is 6. The molecule has 118 valence electrons. The largest absolute Gasteiger partial charge is 0.470 e. The third-order valence-electron chi connectivity index (χ3n) is 3.77. The number of carbonyl (C=O) groups excluding carboxylic acids is 1. The van der Waals surface area contributed by atoms with Crippen LogP contribution >= 0.6 is 11.6 Å². The van der Waals surface area contributed by atoms with Crippen molar-refractivity contribution in [3.05, 3.63) is 82.8 Å². The topological polar surface area (TPSA) is 41.6 Å². The van der Waals surface area contributed by atoms with E-state index in [1.54, 1.807) is 6.26 Å². The third-order valence-corrected chi connectivity index (χ3v) is 4.14. The van der Waals surface area contributed by atoms with Crippen LogP contribution in [0.5, 0.6) is 0 Å². The summed E-state index contributed by atoms with van der Waals surface area (Å²) >= 11 is 6.22. The molecule has 1 unspecified atom stereocenters. The van der Waals surface area contributed by atoms with E-state index in [4.69, 9.17) is 16.3 Å². The Bertz CT molecular complexity index is 703. The van der Waals surface area contributed by atoms with Crippen LogP contribution in [0, 0.1) is 0 Å². The summed E-state index contributed by atoms with van der Waals surface area (Å²) < 4.78 is 5.74. The lowest BCUT2D eigenvalue weighted by molar-refractivity contribution is -0.109. The van der Waals surface area contributed by atoms with Crippen LogP contribution in [0.2, 0.25) is 5.02 Å². The maximum atomic E-state index is 10.8. The number of hydrogen-bond donors (Lipinski definition) is 1. The minimum atomic E-state index is -0.249.